The number of aliphatic hydroxyl groups is 1. The van der Waals surface area contributed by atoms with Crippen LogP contribution in [0.25, 0.3) is 10.9 Å². The SMILES string of the molecule is CC[C@@H](O)CN1CCN(C(=O)c2cc(=O)n(C)c3ccccc23)CC1. The maximum Gasteiger partial charge on any atom is 0.254 e. The summed E-state index contributed by atoms with van der Waals surface area (Å²) < 4.78 is 1.57. The molecule has 1 N–H and O–H groups in total. The van der Waals surface area contributed by atoms with Crippen LogP contribution < -0.4 is 5.56 Å². The third kappa shape index (κ3) is 3.60. The summed E-state index contributed by atoms with van der Waals surface area (Å²) in [5.41, 5.74) is 1.07. The first-order chi connectivity index (χ1) is 12.0. The number of benzene rings is 1. The molecule has 1 saturated heterocycles. The number of carbonyl (C=O) groups excluding carboxylic acids is 1. The fourth-order valence-electron chi connectivity index (χ4n) is 3.32. The van der Waals surface area contributed by atoms with Crippen LogP contribution in [-0.2, 0) is 7.05 Å². The predicted molar refractivity (Wildman–Crippen MR) is 97.8 cm³/mol. The minimum atomic E-state index is -0.316. The van der Waals surface area contributed by atoms with Crippen molar-refractivity contribution in [3.05, 3.63) is 46.2 Å². The molecule has 0 spiro atoms. The molecular weight excluding hydrogens is 318 g/mol. The van der Waals surface area contributed by atoms with E-state index >= 15 is 0 Å². The normalized spacial score (nSPS) is 17.0. The van der Waals surface area contributed by atoms with Crippen molar-refractivity contribution in [3.63, 3.8) is 0 Å². The van der Waals surface area contributed by atoms with Crippen molar-refractivity contribution in [2.45, 2.75) is 19.4 Å². The van der Waals surface area contributed by atoms with Crippen LogP contribution in [0.15, 0.2) is 35.1 Å². The number of fused-ring (bicyclic) bond motifs is 1. The number of hydrogen-bond acceptors (Lipinski definition) is 4. The topological polar surface area (TPSA) is 65.8 Å². The summed E-state index contributed by atoms with van der Waals surface area (Å²) >= 11 is 0. The Labute approximate surface area is 147 Å². The molecule has 1 fully saturated rings. The number of amides is 1. The van der Waals surface area contributed by atoms with Crippen molar-refractivity contribution in [2.75, 3.05) is 32.7 Å². The number of hydrogen-bond donors (Lipinski definition) is 1. The molecule has 25 heavy (non-hydrogen) atoms. The number of pyridine rings is 1. The highest BCUT2D eigenvalue weighted by atomic mass is 16.3. The molecule has 1 atom stereocenters. The number of aliphatic hydroxyl groups excluding tert-OH is 1. The molecule has 1 aromatic heterocycles. The lowest BCUT2D eigenvalue weighted by molar-refractivity contribution is 0.0525. The predicted octanol–water partition coefficient (Wildman–Crippen LogP) is 1.07. The van der Waals surface area contributed by atoms with Gasteiger partial charge in [0.1, 0.15) is 0 Å². The van der Waals surface area contributed by atoms with Crippen LogP contribution in [0.5, 0.6) is 0 Å². The van der Waals surface area contributed by atoms with Gasteiger partial charge in [-0.25, -0.2) is 0 Å². The van der Waals surface area contributed by atoms with Gasteiger partial charge in [0, 0.05) is 51.2 Å². The Morgan fingerprint density at radius 1 is 1.20 bits per heavy atom. The molecule has 6 heteroatoms. The van der Waals surface area contributed by atoms with E-state index in [1.54, 1.807) is 16.5 Å². The first kappa shape index (κ1) is 17.6. The summed E-state index contributed by atoms with van der Waals surface area (Å²) in [7, 11) is 1.72. The van der Waals surface area contributed by atoms with Crippen LogP contribution >= 0.6 is 0 Å². The highest BCUT2D eigenvalue weighted by Crippen LogP contribution is 2.19. The van der Waals surface area contributed by atoms with Crippen LogP contribution in [0.3, 0.4) is 0 Å². The zero-order chi connectivity index (χ0) is 18.0. The summed E-state index contributed by atoms with van der Waals surface area (Å²) in [4.78, 5) is 29.2. The molecule has 134 valence electrons. The van der Waals surface area contributed by atoms with Gasteiger partial charge in [-0.05, 0) is 12.5 Å². The Hall–Kier alpha value is -2.18. The lowest BCUT2D eigenvalue weighted by Crippen LogP contribution is -2.50. The van der Waals surface area contributed by atoms with Gasteiger partial charge in [0.15, 0.2) is 0 Å². The zero-order valence-electron chi connectivity index (χ0n) is 14.8. The van der Waals surface area contributed by atoms with Crippen molar-refractivity contribution < 1.29 is 9.90 Å². The molecule has 0 bridgehead atoms. The monoisotopic (exact) mass is 343 g/mol. The van der Waals surface area contributed by atoms with E-state index in [1.165, 1.54) is 6.07 Å². The van der Waals surface area contributed by atoms with Gasteiger partial charge in [0.2, 0.25) is 0 Å². The smallest absolute Gasteiger partial charge is 0.254 e. The van der Waals surface area contributed by atoms with Gasteiger partial charge in [-0.3, -0.25) is 14.5 Å². The van der Waals surface area contributed by atoms with Crippen molar-refractivity contribution >= 4 is 16.8 Å². The largest absolute Gasteiger partial charge is 0.392 e. The van der Waals surface area contributed by atoms with Gasteiger partial charge in [0.05, 0.1) is 17.2 Å². The summed E-state index contributed by atoms with van der Waals surface area (Å²) in [6.45, 7) is 5.31. The lowest BCUT2D eigenvalue weighted by Gasteiger charge is -2.35. The molecule has 2 heterocycles. The molecule has 1 aliphatic heterocycles. The number of β-amino-alcohol motifs (C(OH)–C–C–N with tert-alkyl or cyclic N) is 1. The van der Waals surface area contributed by atoms with Gasteiger partial charge in [-0.1, -0.05) is 25.1 Å². The van der Waals surface area contributed by atoms with E-state index in [-0.39, 0.29) is 17.6 Å². The minimum absolute atomic E-state index is 0.0930. The maximum absolute atomic E-state index is 13.0. The summed E-state index contributed by atoms with van der Waals surface area (Å²) in [5.74, 6) is -0.0930. The Morgan fingerprint density at radius 3 is 2.56 bits per heavy atom. The van der Waals surface area contributed by atoms with E-state index in [9.17, 15) is 14.7 Å². The highest BCUT2D eigenvalue weighted by Gasteiger charge is 2.24. The average molecular weight is 343 g/mol. The molecule has 3 rings (SSSR count). The van der Waals surface area contributed by atoms with Gasteiger partial charge >= 0.3 is 0 Å². The summed E-state index contributed by atoms with van der Waals surface area (Å²) in [6, 6.07) is 8.94. The van der Waals surface area contributed by atoms with Crippen molar-refractivity contribution in [1.29, 1.82) is 0 Å². The van der Waals surface area contributed by atoms with E-state index in [1.807, 2.05) is 31.2 Å². The second-order valence-electron chi connectivity index (χ2n) is 6.63. The zero-order valence-corrected chi connectivity index (χ0v) is 14.8. The van der Waals surface area contributed by atoms with Gasteiger partial charge in [-0.2, -0.15) is 0 Å². The van der Waals surface area contributed by atoms with E-state index in [0.717, 1.165) is 30.4 Å². The molecule has 6 nitrogen and oxygen atoms in total. The molecular formula is C19H25N3O3. The quantitative estimate of drug-likeness (QED) is 0.902. The second-order valence-corrected chi connectivity index (χ2v) is 6.63. The molecule has 0 saturated carbocycles. The molecule has 0 aliphatic carbocycles. The van der Waals surface area contributed by atoms with E-state index < -0.39 is 0 Å². The van der Waals surface area contributed by atoms with Crippen LogP contribution in [0.2, 0.25) is 0 Å². The molecule has 1 aromatic carbocycles. The number of carbonyl (C=O) groups is 1. The highest BCUT2D eigenvalue weighted by molar-refractivity contribution is 6.06. The summed E-state index contributed by atoms with van der Waals surface area (Å²) in [5, 5.41) is 10.6. The van der Waals surface area contributed by atoms with E-state index in [2.05, 4.69) is 4.90 Å². The Kier molecular flexibility index (Phi) is 5.20. The first-order valence-corrected chi connectivity index (χ1v) is 8.79. The molecule has 0 radical (unpaired) electrons. The number of aryl methyl sites for hydroxylation is 1. The number of rotatable bonds is 4. The van der Waals surface area contributed by atoms with Gasteiger partial charge < -0.3 is 14.6 Å². The lowest BCUT2D eigenvalue weighted by atomic mass is 10.1. The maximum atomic E-state index is 13.0. The number of piperazine rings is 1. The first-order valence-electron chi connectivity index (χ1n) is 8.79. The van der Waals surface area contributed by atoms with Crippen molar-refractivity contribution in [3.8, 4) is 0 Å². The fourth-order valence-corrected chi connectivity index (χ4v) is 3.32. The van der Waals surface area contributed by atoms with Crippen LogP contribution in [0.1, 0.15) is 23.7 Å². The van der Waals surface area contributed by atoms with Crippen LogP contribution in [-0.4, -0.2) is 64.2 Å². The van der Waals surface area contributed by atoms with Gasteiger partial charge in [-0.15, -0.1) is 0 Å². The number of aromatic nitrogens is 1. The Balaban J connectivity index is 1.80. The minimum Gasteiger partial charge on any atom is -0.392 e. The Bertz CT molecular complexity index is 822. The molecule has 1 aliphatic rings. The number of nitrogens with zero attached hydrogens (tertiary/aromatic N) is 3. The van der Waals surface area contributed by atoms with Gasteiger partial charge in [0.25, 0.3) is 11.5 Å². The van der Waals surface area contributed by atoms with E-state index in [0.29, 0.717) is 25.2 Å². The molecule has 2 aromatic rings. The third-order valence-corrected chi connectivity index (χ3v) is 4.98. The van der Waals surface area contributed by atoms with Crippen LogP contribution in [0, 0.1) is 0 Å². The summed E-state index contributed by atoms with van der Waals surface area (Å²) in [6.07, 6.45) is 0.418. The molecule has 1 amide bonds. The van der Waals surface area contributed by atoms with E-state index in [4.69, 9.17) is 0 Å². The Morgan fingerprint density at radius 2 is 1.88 bits per heavy atom. The standard InChI is InChI=1S/C19H25N3O3/c1-3-14(23)13-21-8-10-22(11-9-21)19(25)16-12-18(24)20(2)17-7-5-4-6-15(16)17/h4-7,12,14,23H,3,8-11,13H2,1-2H3/t14-/m1/s1. The average Bonchev–Trinajstić information content (AvgIpc) is 2.64. The number of para-hydroxylation sites is 1. The van der Waals surface area contributed by atoms with Crippen molar-refractivity contribution in [2.24, 2.45) is 7.05 Å². The fraction of sp³-hybridized carbons (Fsp3) is 0.474. The third-order valence-electron chi connectivity index (χ3n) is 4.98. The molecule has 0 unspecified atom stereocenters. The van der Waals surface area contributed by atoms with Crippen molar-refractivity contribution in [1.82, 2.24) is 14.4 Å². The second kappa shape index (κ2) is 7.37. The van der Waals surface area contributed by atoms with Crippen LogP contribution in [0.4, 0.5) is 0 Å².